The van der Waals surface area contributed by atoms with Crippen LogP contribution in [0.2, 0.25) is 0 Å². The van der Waals surface area contributed by atoms with Gasteiger partial charge in [0.15, 0.2) is 0 Å². The van der Waals surface area contributed by atoms with Gasteiger partial charge in [-0.3, -0.25) is 4.79 Å². The van der Waals surface area contributed by atoms with Crippen LogP contribution in [0.1, 0.15) is 77.8 Å². The second-order valence-corrected chi connectivity index (χ2v) is 12.3. The number of nitriles is 1. The monoisotopic (exact) mass is 561 g/mol. The maximum atomic E-state index is 13.5. The van der Waals surface area contributed by atoms with Crippen molar-refractivity contribution in [1.29, 1.82) is 5.26 Å². The van der Waals surface area contributed by atoms with Crippen molar-refractivity contribution in [3.63, 3.8) is 0 Å². The first kappa shape index (κ1) is 27.5. The van der Waals surface area contributed by atoms with Crippen molar-refractivity contribution in [2.45, 2.75) is 65.1 Å². The fraction of sp³-hybridized carbons (Fsp3) is 0.353. The Bertz CT molecular complexity index is 1730. The summed E-state index contributed by atoms with van der Waals surface area (Å²) in [4.78, 5) is 38.4. The number of aromatic nitrogens is 2. The third-order valence-corrected chi connectivity index (χ3v) is 8.23. The molecule has 1 fully saturated rings. The van der Waals surface area contributed by atoms with Crippen LogP contribution >= 0.6 is 0 Å². The fourth-order valence-electron chi connectivity index (χ4n) is 6.16. The van der Waals surface area contributed by atoms with E-state index in [1.807, 2.05) is 43.0 Å². The molecule has 2 aromatic carbocycles. The molecule has 1 saturated heterocycles. The molecule has 2 aromatic heterocycles. The lowest BCUT2D eigenvalue weighted by atomic mass is 9.86. The van der Waals surface area contributed by atoms with Crippen LogP contribution in [0.3, 0.4) is 0 Å². The largest absolute Gasteiger partial charge is 0.444 e. The summed E-state index contributed by atoms with van der Waals surface area (Å²) in [5.41, 5.74) is 7.92. The zero-order valence-corrected chi connectivity index (χ0v) is 24.5. The van der Waals surface area contributed by atoms with Crippen LogP contribution < -0.4 is 0 Å². The molecule has 0 bridgehead atoms. The molecule has 4 heterocycles. The van der Waals surface area contributed by atoms with Crippen LogP contribution in [-0.4, -0.2) is 50.5 Å². The number of aromatic amines is 1. The number of pyridine rings is 1. The maximum absolute atomic E-state index is 13.5. The third kappa shape index (κ3) is 5.23. The van der Waals surface area contributed by atoms with E-state index >= 15 is 0 Å². The molecule has 8 heteroatoms. The highest BCUT2D eigenvalue weighted by Crippen LogP contribution is 2.40. The van der Waals surface area contributed by atoms with Gasteiger partial charge in [-0.2, -0.15) is 5.26 Å². The van der Waals surface area contributed by atoms with E-state index in [0.29, 0.717) is 37.2 Å². The van der Waals surface area contributed by atoms with Crippen LogP contribution in [0.15, 0.2) is 54.9 Å². The van der Waals surface area contributed by atoms with Crippen molar-refractivity contribution >= 4 is 23.0 Å². The molecule has 1 N–H and O–H groups in total. The van der Waals surface area contributed by atoms with Crippen LogP contribution in [0.25, 0.3) is 22.2 Å². The number of carbonyl (C=O) groups excluding carboxylic acids is 2. The number of amides is 2. The number of fused-ring (bicyclic) bond motifs is 2. The normalized spacial score (nSPS) is 16.8. The lowest BCUT2D eigenvalue weighted by molar-refractivity contribution is 0.0223. The van der Waals surface area contributed by atoms with E-state index in [9.17, 15) is 9.59 Å². The summed E-state index contributed by atoms with van der Waals surface area (Å²) >= 11 is 0. The van der Waals surface area contributed by atoms with E-state index in [1.165, 1.54) is 5.56 Å². The Hall–Kier alpha value is -4.64. The number of ether oxygens (including phenoxy) is 1. The summed E-state index contributed by atoms with van der Waals surface area (Å²) in [6.07, 6.45) is 6.01. The lowest BCUT2D eigenvalue weighted by Gasteiger charge is -2.34. The van der Waals surface area contributed by atoms with Gasteiger partial charge < -0.3 is 19.5 Å². The van der Waals surface area contributed by atoms with Crippen LogP contribution in [0.5, 0.6) is 0 Å². The van der Waals surface area contributed by atoms with Gasteiger partial charge in [-0.1, -0.05) is 0 Å². The quantitative estimate of drug-likeness (QED) is 0.301. The predicted octanol–water partition coefficient (Wildman–Crippen LogP) is 6.68. The van der Waals surface area contributed by atoms with Gasteiger partial charge in [0.2, 0.25) is 0 Å². The van der Waals surface area contributed by atoms with Gasteiger partial charge in [-0.05, 0) is 117 Å². The molecule has 0 radical (unpaired) electrons. The SMILES string of the molecule is Cc1c[nH]c2ncc(-c3cc4c(c([C@@H]5CCCN5C(=O)OC(C)(C)C)c3)CCN(C(=O)c3ccc(C#N)cc3)C4)cc12. The highest BCUT2D eigenvalue weighted by Gasteiger charge is 2.36. The Morgan fingerprint density at radius 3 is 2.62 bits per heavy atom. The fourth-order valence-corrected chi connectivity index (χ4v) is 6.16. The molecule has 0 unspecified atom stereocenters. The number of hydrogen-bond acceptors (Lipinski definition) is 5. The molecule has 0 aliphatic carbocycles. The topological polar surface area (TPSA) is 102 Å². The second kappa shape index (κ2) is 10.6. The third-order valence-electron chi connectivity index (χ3n) is 8.23. The van der Waals surface area contributed by atoms with Gasteiger partial charge in [-0.15, -0.1) is 0 Å². The minimum atomic E-state index is -0.576. The average Bonchev–Trinajstić information content (AvgIpc) is 3.62. The summed E-state index contributed by atoms with van der Waals surface area (Å²) in [5, 5.41) is 10.2. The first-order valence-corrected chi connectivity index (χ1v) is 14.5. The molecule has 214 valence electrons. The highest BCUT2D eigenvalue weighted by molar-refractivity contribution is 5.94. The number of nitrogens with one attached hydrogen (secondary N) is 1. The Balaban J connectivity index is 1.41. The smallest absolute Gasteiger partial charge is 0.410 e. The Kier molecular flexibility index (Phi) is 6.97. The van der Waals surface area contributed by atoms with Crippen molar-refractivity contribution in [3.05, 3.63) is 88.2 Å². The molecule has 6 rings (SSSR count). The molecule has 8 nitrogen and oxygen atoms in total. The van der Waals surface area contributed by atoms with E-state index in [1.54, 1.807) is 24.3 Å². The summed E-state index contributed by atoms with van der Waals surface area (Å²) < 4.78 is 5.80. The number of nitrogens with zero attached hydrogens (tertiary/aromatic N) is 4. The summed E-state index contributed by atoms with van der Waals surface area (Å²) in [7, 11) is 0. The highest BCUT2D eigenvalue weighted by atomic mass is 16.6. The van der Waals surface area contributed by atoms with E-state index in [0.717, 1.165) is 51.7 Å². The number of hydrogen-bond donors (Lipinski definition) is 1. The van der Waals surface area contributed by atoms with Gasteiger partial charge in [0.1, 0.15) is 11.2 Å². The zero-order valence-electron chi connectivity index (χ0n) is 24.5. The first-order valence-electron chi connectivity index (χ1n) is 14.5. The lowest BCUT2D eigenvalue weighted by Crippen LogP contribution is -2.38. The number of H-pyrrole nitrogens is 1. The van der Waals surface area contributed by atoms with E-state index in [4.69, 9.17) is 10.00 Å². The molecule has 2 aliphatic rings. The molecule has 1 atom stereocenters. The number of benzene rings is 2. The zero-order chi connectivity index (χ0) is 29.6. The van der Waals surface area contributed by atoms with Crippen molar-refractivity contribution in [2.24, 2.45) is 0 Å². The van der Waals surface area contributed by atoms with Crippen molar-refractivity contribution in [1.82, 2.24) is 19.8 Å². The van der Waals surface area contributed by atoms with E-state index in [2.05, 4.69) is 41.2 Å². The summed E-state index contributed by atoms with van der Waals surface area (Å²) in [5.74, 6) is -0.0561. The second-order valence-electron chi connectivity index (χ2n) is 12.3. The van der Waals surface area contributed by atoms with Crippen LogP contribution in [-0.2, 0) is 17.7 Å². The van der Waals surface area contributed by atoms with Gasteiger partial charge in [0.05, 0.1) is 17.7 Å². The first-order chi connectivity index (χ1) is 20.1. The molecule has 2 aliphatic heterocycles. The molecule has 0 spiro atoms. The Labute approximate surface area is 245 Å². The number of carbonyl (C=O) groups is 2. The molecular weight excluding hydrogens is 526 g/mol. The Morgan fingerprint density at radius 2 is 1.88 bits per heavy atom. The summed E-state index contributed by atoms with van der Waals surface area (Å²) in [6, 6.07) is 15.4. The minimum absolute atomic E-state index is 0.0561. The predicted molar refractivity (Wildman–Crippen MR) is 161 cm³/mol. The van der Waals surface area contributed by atoms with Gasteiger partial charge in [0, 0.05) is 48.5 Å². The van der Waals surface area contributed by atoms with Crippen LogP contribution in [0.4, 0.5) is 4.79 Å². The standard InChI is InChI=1S/C34H35N5O3/c1-21-18-36-31-28(21)16-25(19-37-31)24-14-26-20-38(32(40)23-9-7-22(17-35)8-10-23)13-11-27(26)29(15-24)30-6-5-12-39(30)33(41)42-34(2,3)4/h7-10,14-16,18-19,30H,5-6,11-13,20H2,1-4H3,(H,36,37)/t30-/m0/s1. The van der Waals surface area contributed by atoms with Crippen molar-refractivity contribution < 1.29 is 14.3 Å². The summed E-state index contributed by atoms with van der Waals surface area (Å²) in [6.45, 7) is 9.43. The average molecular weight is 562 g/mol. The number of likely N-dealkylation sites (tertiary alicyclic amines) is 1. The Morgan fingerprint density at radius 1 is 1.10 bits per heavy atom. The molecular formula is C34H35N5O3. The van der Waals surface area contributed by atoms with Crippen molar-refractivity contribution in [3.8, 4) is 17.2 Å². The minimum Gasteiger partial charge on any atom is -0.444 e. The van der Waals surface area contributed by atoms with Gasteiger partial charge in [0.25, 0.3) is 5.91 Å². The van der Waals surface area contributed by atoms with Gasteiger partial charge >= 0.3 is 6.09 Å². The molecule has 42 heavy (non-hydrogen) atoms. The molecule has 2 amide bonds. The maximum Gasteiger partial charge on any atom is 0.410 e. The van der Waals surface area contributed by atoms with Crippen LogP contribution in [0, 0.1) is 18.3 Å². The van der Waals surface area contributed by atoms with E-state index < -0.39 is 5.60 Å². The number of aryl methyl sites for hydroxylation is 1. The van der Waals surface area contributed by atoms with E-state index in [-0.39, 0.29) is 18.0 Å². The number of rotatable bonds is 3. The molecule has 4 aromatic rings. The van der Waals surface area contributed by atoms with Crippen molar-refractivity contribution in [2.75, 3.05) is 13.1 Å². The molecule has 0 saturated carbocycles. The van der Waals surface area contributed by atoms with Gasteiger partial charge in [-0.25, -0.2) is 9.78 Å².